The van der Waals surface area contributed by atoms with Crippen molar-refractivity contribution in [2.24, 2.45) is 0 Å². The Morgan fingerprint density at radius 3 is 2.42 bits per heavy atom. The van der Waals surface area contributed by atoms with Gasteiger partial charge >= 0.3 is 5.97 Å². The van der Waals surface area contributed by atoms with Crippen molar-refractivity contribution in [2.45, 2.75) is 44.2 Å². The van der Waals surface area contributed by atoms with Crippen molar-refractivity contribution in [3.63, 3.8) is 0 Å². The van der Waals surface area contributed by atoms with Crippen molar-refractivity contribution >= 4 is 5.97 Å². The van der Waals surface area contributed by atoms with Gasteiger partial charge in [0.2, 0.25) is 0 Å². The standard InChI is InChI=1S/C21H25NO2/c23-21(19-13-7-8-16-22-19)24-20(18-11-5-2-6-12-18)15-14-17-9-3-1-4-10-17/h1-6,9-12,19-20,22H,7-8,13-16H2/t19-,20+/m0/s1. The van der Waals surface area contributed by atoms with Crippen molar-refractivity contribution in [2.75, 3.05) is 6.54 Å². The summed E-state index contributed by atoms with van der Waals surface area (Å²) in [6, 6.07) is 20.3. The number of aryl methyl sites for hydroxylation is 1. The van der Waals surface area contributed by atoms with E-state index in [0.717, 1.165) is 44.2 Å². The molecule has 2 aromatic rings. The highest BCUT2D eigenvalue weighted by atomic mass is 16.5. The molecule has 3 nitrogen and oxygen atoms in total. The van der Waals surface area contributed by atoms with Crippen LogP contribution < -0.4 is 5.32 Å². The number of piperidine rings is 1. The summed E-state index contributed by atoms with van der Waals surface area (Å²) in [6.45, 7) is 0.903. The predicted molar refractivity (Wildman–Crippen MR) is 95.7 cm³/mol. The van der Waals surface area contributed by atoms with Crippen LogP contribution in [0.25, 0.3) is 0 Å². The van der Waals surface area contributed by atoms with Crippen LogP contribution >= 0.6 is 0 Å². The molecule has 24 heavy (non-hydrogen) atoms. The van der Waals surface area contributed by atoms with Gasteiger partial charge in [0, 0.05) is 0 Å². The lowest BCUT2D eigenvalue weighted by molar-refractivity contribution is -0.153. The molecule has 1 heterocycles. The monoisotopic (exact) mass is 323 g/mol. The van der Waals surface area contributed by atoms with Gasteiger partial charge in [-0.05, 0) is 43.4 Å². The minimum Gasteiger partial charge on any atom is -0.456 e. The molecule has 0 amide bonds. The van der Waals surface area contributed by atoms with Gasteiger partial charge in [-0.2, -0.15) is 0 Å². The second kappa shape index (κ2) is 8.65. The van der Waals surface area contributed by atoms with Crippen LogP contribution in [0.4, 0.5) is 0 Å². The van der Waals surface area contributed by atoms with Gasteiger partial charge < -0.3 is 10.1 Å². The van der Waals surface area contributed by atoms with E-state index < -0.39 is 0 Å². The third kappa shape index (κ3) is 4.68. The lowest BCUT2D eigenvalue weighted by atomic mass is 10.0. The molecule has 126 valence electrons. The van der Waals surface area contributed by atoms with Crippen LogP contribution in [-0.2, 0) is 16.0 Å². The normalized spacial score (nSPS) is 18.8. The Kier molecular flexibility index (Phi) is 6.02. The van der Waals surface area contributed by atoms with E-state index in [2.05, 4.69) is 17.4 Å². The van der Waals surface area contributed by atoms with Crippen molar-refractivity contribution in [3.8, 4) is 0 Å². The molecule has 3 heteroatoms. The average molecular weight is 323 g/mol. The molecule has 0 radical (unpaired) electrons. The highest BCUT2D eigenvalue weighted by Gasteiger charge is 2.25. The first-order valence-corrected chi connectivity index (χ1v) is 8.85. The number of rotatable bonds is 6. The van der Waals surface area contributed by atoms with E-state index >= 15 is 0 Å². The van der Waals surface area contributed by atoms with Gasteiger partial charge in [-0.1, -0.05) is 67.1 Å². The highest BCUT2D eigenvalue weighted by molar-refractivity contribution is 5.76. The smallest absolute Gasteiger partial charge is 0.323 e. The summed E-state index contributed by atoms with van der Waals surface area (Å²) < 4.78 is 5.90. The Bertz CT molecular complexity index is 621. The van der Waals surface area contributed by atoms with E-state index in [1.165, 1.54) is 5.56 Å². The first-order valence-electron chi connectivity index (χ1n) is 8.85. The SMILES string of the molecule is O=C(O[C@H](CCc1ccccc1)c1ccccc1)[C@@H]1CCCCN1. The summed E-state index contributed by atoms with van der Waals surface area (Å²) in [6.07, 6.45) is 4.60. The van der Waals surface area contributed by atoms with Crippen LogP contribution in [0.3, 0.4) is 0 Å². The Morgan fingerprint density at radius 2 is 1.75 bits per heavy atom. The fourth-order valence-corrected chi connectivity index (χ4v) is 3.18. The number of ether oxygens (including phenoxy) is 1. The van der Waals surface area contributed by atoms with E-state index in [4.69, 9.17) is 4.74 Å². The number of benzene rings is 2. The molecule has 1 fully saturated rings. The molecule has 0 aromatic heterocycles. The molecule has 1 N–H and O–H groups in total. The van der Waals surface area contributed by atoms with Gasteiger partial charge in [-0.15, -0.1) is 0 Å². The van der Waals surface area contributed by atoms with Crippen LogP contribution in [0.1, 0.15) is 42.9 Å². The molecular formula is C21H25NO2. The first kappa shape index (κ1) is 16.7. The molecule has 0 spiro atoms. The molecule has 3 rings (SSSR count). The van der Waals surface area contributed by atoms with Crippen molar-refractivity contribution in [1.29, 1.82) is 0 Å². The molecule has 1 aliphatic rings. The van der Waals surface area contributed by atoms with E-state index in [1.807, 2.05) is 48.5 Å². The van der Waals surface area contributed by atoms with E-state index in [-0.39, 0.29) is 18.1 Å². The lowest BCUT2D eigenvalue weighted by Crippen LogP contribution is -2.41. The number of esters is 1. The number of carbonyl (C=O) groups is 1. The molecule has 0 bridgehead atoms. The van der Waals surface area contributed by atoms with Gasteiger partial charge in [-0.3, -0.25) is 4.79 Å². The zero-order valence-corrected chi connectivity index (χ0v) is 14.0. The second-order valence-corrected chi connectivity index (χ2v) is 6.36. The van der Waals surface area contributed by atoms with Crippen LogP contribution in [0.5, 0.6) is 0 Å². The van der Waals surface area contributed by atoms with Crippen molar-refractivity contribution < 1.29 is 9.53 Å². The molecule has 0 unspecified atom stereocenters. The molecular weight excluding hydrogens is 298 g/mol. The number of hydrogen-bond acceptors (Lipinski definition) is 3. The largest absolute Gasteiger partial charge is 0.456 e. The molecule has 1 aliphatic heterocycles. The van der Waals surface area contributed by atoms with Crippen LogP contribution in [0.2, 0.25) is 0 Å². The molecule has 2 aromatic carbocycles. The van der Waals surface area contributed by atoms with E-state index in [0.29, 0.717) is 0 Å². The van der Waals surface area contributed by atoms with Gasteiger partial charge in [0.25, 0.3) is 0 Å². The third-order valence-electron chi connectivity index (χ3n) is 4.56. The minimum atomic E-state index is -0.192. The first-order chi connectivity index (χ1) is 11.8. The summed E-state index contributed by atoms with van der Waals surface area (Å²) in [5.74, 6) is -0.114. The zero-order chi connectivity index (χ0) is 16.6. The Balaban J connectivity index is 1.66. The fraction of sp³-hybridized carbons (Fsp3) is 0.381. The summed E-state index contributed by atoms with van der Waals surface area (Å²) in [7, 11) is 0. The fourth-order valence-electron chi connectivity index (χ4n) is 3.18. The number of carbonyl (C=O) groups excluding carboxylic acids is 1. The minimum absolute atomic E-state index is 0.114. The molecule has 0 aliphatic carbocycles. The number of hydrogen-bond donors (Lipinski definition) is 1. The number of nitrogens with one attached hydrogen (secondary N) is 1. The Hall–Kier alpha value is -2.13. The molecule has 1 saturated heterocycles. The summed E-state index contributed by atoms with van der Waals surface area (Å²) in [5.41, 5.74) is 2.34. The summed E-state index contributed by atoms with van der Waals surface area (Å²) in [4.78, 5) is 12.5. The van der Waals surface area contributed by atoms with Crippen molar-refractivity contribution in [3.05, 3.63) is 71.8 Å². The predicted octanol–water partition coefficient (Wildman–Crippen LogP) is 4.05. The van der Waals surface area contributed by atoms with Gasteiger partial charge in [0.15, 0.2) is 0 Å². The Labute approximate surface area is 144 Å². The van der Waals surface area contributed by atoms with Gasteiger partial charge in [0.1, 0.15) is 12.1 Å². The third-order valence-corrected chi connectivity index (χ3v) is 4.56. The second-order valence-electron chi connectivity index (χ2n) is 6.36. The maximum absolute atomic E-state index is 12.5. The van der Waals surface area contributed by atoms with Gasteiger partial charge in [0.05, 0.1) is 0 Å². The Morgan fingerprint density at radius 1 is 1.04 bits per heavy atom. The van der Waals surface area contributed by atoms with Crippen molar-refractivity contribution in [1.82, 2.24) is 5.32 Å². The summed E-state index contributed by atoms with van der Waals surface area (Å²) >= 11 is 0. The summed E-state index contributed by atoms with van der Waals surface area (Å²) in [5, 5.41) is 3.27. The quantitative estimate of drug-likeness (QED) is 0.815. The molecule has 0 saturated carbocycles. The average Bonchev–Trinajstić information content (AvgIpc) is 2.67. The maximum atomic E-state index is 12.5. The lowest BCUT2D eigenvalue weighted by Gasteiger charge is -2.25. The highest BCUT2D eigenvalue weighted by Crippen LogP contribution is 2.24. The van der Waals surface area contributed by atoms with E-state index in [1.54, 1.807) is 0 Å². The maximum Gasteiger partial charge on any atom is 0.323 e. The zero-order valence-electron chi connectivity index (χ0n) is 14.0. The van der Waals surface area contributed by atoms with E-state index in [9.17, 15) is 4.79 Å². The van der Waals surface area contributed by atoms with Crippen LogP contribution in [-0.4, -0.2) is 18.6 Å². The molecule has 2 atom stereocenters. The van der Waals surface area contributed by atoms with Crippen LogP contribution in [0, 0.1) is 0 Å². The van der Waals surface area contributed by atoms with Gasteiger partial charge in [-0.25, -0.2) is 0 Å². The van der Waals surface area contributed by atoms with Crippen LogP contribution in [0.15, 0.2) is 60.7 Å². The topological polar surface area (TPSA) is 38.3 Å².